The van der Waals surface area contributed by atoms with Crippen LogP contribution in [-0.4, -0.2) is 4.98 Å². The molecule has 0 saturated heterocycles. The highest BCUT2D eigenvalue weighted by Crippen LogP contribution is 2.32. The van der Waals surface area contributed by atoms with Crippen LogP contribution in [0.1, 0.15) is 16.8 Å². The monoisotopic (exact) mass is 255 g/mol. The third-order valence-corrected chi connectivity index (χ3v) is 3.47. The van der Waals surface area contributed by atoms with Gasteiger partial charge in [-0.05, 0) is 43.7 Å². The molecule has 0 saturated carbocycles. The van der Waals surface area contributed by atoms with Crippen LogP contribution in [0.15, 0.2) is 40.3 Å². The van der Waals surface area contributed by atoms with Gasteiger partial charge in [0.15, 0.2) is 0 Å². The van der Waals surface area contributed by atoms with E-state index in [1.165, 1.54) is 17.3 Å². The highest BCUT2D eigenvalue weighted by atomic mass is 32.2. The summed E-state index contributed by atoms with van der Waals surface area (Å²) in [6.07, 6.45) is 0. The van der Waals surface area contributed by atoms with Gasteiger partial charge in [-0.25, -0.2) is 4.98 Å². The molecule has 0 aliphatic carbocycles. The van der Waals surface area contributed by atoms with Crippen molar-refractivity contribution in [2.24, 2.45) is 0 Å². The van der Waals surface area contributed by atoms with E-state index in [4.69, 9.17) is 11.0 Å². The first-order valence-electron chi connectivity index (χ1n) is 5.52. The molecule has 4 heteroatoms. The molecular formula is C14H13N3S. The number of nitriles is 1. The Labute approximate surface area is 111 Å². The van der Waals surface area contributed by atoms with Gasteiger partial charge in [-0.3, -0.25) is 0 Å². The van der Waals surface area contributed by atoms with Crippen LogP contribution in [0, 0.1) is 25.2 Å². The molecule has 3 nitrogen and oxygen atoms in total. The summed E-state index contributed by atoms with van der Waals surface area (Å²) in [4.78, 5) is 5.32. The molecule has 0 amide bonds. The second-order valence-corrected chi connectivity index (χ2v) is 5.12. The molecule has 90 valence electrons. The highest BCUT2D eigenvalue weighted by molar-refractivity contribution is 7.99. The van der Waals surface area contributed by atoms with Crippen molar-refractivity contribution in [3.63, 3.8) is 0 Å². The maximum atomic E-state index is 8.94. The van der Waals surface area contributed by atoms with Crippen molar-refractivity contribution in [2.75, 3.05) is 5.73 Å². The molecular weight excluding hydrogens is 242 g/mol. The molecule has 0 radical (unpaired) electrons. The van der Waals surface area contributed by atoms with E-state index in [9.17, 15) is 0 Å². The van der Waals surface area contributed by atoms with E-state index in [0.717, 1.165) is 15.6 Å². The predicted molar refractivity (Wildman–Crippen MR) is 73.4 cm³/mol. The van der Waals surface area contributed by atoms with E-state index in [1.54, 1.807) is 6.07 Å². The highest BCUT2D eigenvalue weighted by Gasteiger charge is 2.07. The third-order valence-electron chi connectivity index (χ3n) is 2.48. The van der Waals surface area contributed by atoms with Crippen LogP contribution >= 0.6 is 11.8 Å². The summed E-state index contributed by atoms with van der Waals surface area (Å²) in [6.45, 7) is 4.00. The van der Waals surface area contributed by atoms with Gasteiger partial charge in [0.2, 0.25) is 0 Å². The van der Waals surface area contributed by atoms with Gasteiger partial charge in [0.1, 0.15) is 11.1 Å². The molecule has 0 bridgehead atoms. The summed E-state index contributed by atoms with van der Waals surface area (Å²) < 4.78 is 0. The lowest BCUT2D eigenvalue weighted by Gasteiger charge is -2.07. The molecule has 0 atom stereocenters. The molecule has 1 aromatic carbocycles. The number of hydrogen-bond acceptors (Lipinski definition) is 4. The normalized spacial score (nSPS) is 10.1. The number of pyridine rings is 1. The number of anilines is 1. The lowest BCUT2D eigenvalue weighted by Crippen LogP contribution is -1.94. The first-order chi connectivity index (χ1) is 8.60. The number of nitrogens with two attached hydrogens (primary N) is 1. The number of nitrogen functional groups attached to an aromatic ring is 1. The van der Waals surface area contributed by atoms with Crippen LogP contribution in [0.25, 0.3) is 0 Å². The second kappa shape index (κ2) is 5.11. The Hall–Kier alpha value is -1.99. The van der Waals surface area contributed by atoms with Crippen molar-refractivity contribution in [1.82, 2.24) is 4.98 Å². The van der Waals surface area contributed by atoms with Gasteiger partial charge in [-0.1, -0.05) is 17.8 Å². The van der Waals surface area contributed by atoms with Crippen molar-refractivity contribution in [3.8, 4) is 6.07 Å². The summed E-state index contributed by atoms with van der Waals surface area (Å²) in [6, 6.07) is 11.6. The fraction of sp³-hybridized carbons (Fsp3) is 0.143. The number of nitrogens with zero attached hydrogens (tertiary/aromatic N) is 2. The molecule has 2 N–H and O–H groups in total. The standard InChI is InChI=1S/C14H13N3S/c1-9-6-10(2)17-13(7-9)18-12-5-3-4-11(8-15)14(12)16/h3-7H,16H2,1-2H3. The second-order valence-electron chi connectivity index (χ2n) is 4.06. The smallest absolute Gasteiger partial charge is 0.101 e. The Balaban J connectivity index is 2.37. The van der Waals surface area contributed by atoms with Gasteiger partial charge in [0, 0.05) is 10.6 Å². The van der Waals surface area contributed by atoms with Crippen molar-refractivity contribution < 1.29 is 0 Å². The lowest BCUT2D eigenvalue weighted by atomic mass is 10.2. The van der Waals surface area contributed by atoms with E-state index < -0.39 is 0 Å². The molecule has 0 spiro atoms. The van der Waals surface area contributed by atoms with Crippen LogP contribution in [0.3, 0.4) is 0 Å². The van der Waals surface area contributed by atoms with Gasteiger partial charge in [0.05, 0.1) is 11.3 Å². The van der Waals surface area contributed by atoms with Gasteiger partial charge >= 0.3 is 0 Å². The Morgan fingerprint density at radius 2 is 2.06 bits per heavy atom. The van der Waals surface area contributed by atoms with Gasteiger partial charge < -0.3 is 5.73 Å². The minimum atomic E-state index is 0.504. The van der Waals surface area contributed by atoms with Gasteiger partial charge in [-0.15, -0.1) is 0 Å². The Kier molecular flexibility index (Phi) is 3.54. The maximum absolute atomic E-state index is 8.94. The third kappa shape index (κ3) is 2.63. The topological polar surface area (TPSA) is 62.7 Å². The molecule has 2 aromatic rings. The molecule has 0 unspecified atom stereocenters. The van der Waals surface area contributed by atoms with Gasteiger partial charge in [0.25, 0.3) is 0 Å². The summed E-state index contributed by atoms with van der Waals surface area (Å²) >= 11 is 1.48. The molecule has 1 aromatic heterocycles. The van der Waals surface area contributed by atoms with E-state index in [0.29, 0.717) is 11.3 Å². The van der Waals surface area contributed by atoms with E-state index in [1.807, 2.05) is 38.1 Å². The molecule has 0 fully saturated rings. The SMILES string of the molecule is Cc1cc(C)nc(Sc2cccc(C#N)c2N)c1. The summed E-state index contributed by atoms with van der Waals surface area (Å²) in [5.74, 6) is 0. The average Bonchev–Trinajstić information content (AvgIpc) is 2.30. The minimum Gasteiger partial charge on any atom is -0.397 e. The first kappa shape index (κ1) is 12.5. The lowest BCUT2D eigenvalue weighted by molar-refractivity contribution is 1.05. The molecule has 0 aliphatic heterocycles. The molecule has 1 heterocycles. The first-order valence-corrected chi connectivity index (χ1v) is 6.33. The zero-order valence-electron chi connectivity index (χ0n) is 10.3. The number of hydrogen-bond donors (Lipinski definition) is 1. The van der Waals surface area contributed by atoms with Crippen LogP contribution in [-0.2, 0) is 0 Å². The van der Waals surface area contributed by atoms with Crippen molar-refractivity contribution in [3.05, 3.63) is 47.2 Å². The maximum Gasteiger partial charge on any atom is 0.101 e. The van der Waals surface area contributed by atoms with Crippen LogP contribution in [0.5, 0.6) is 0 Å². The Morgan fingerprint density at radius 1 is 1.28 bits per heavy atom. The number of rotatable bonds is 2. The van der Waals surface area contributed by atoms with Crippen LogP contribution in [0.4, 0.5) is 5.69 Å². The quantitative estimate of drug-likeness (QED) is 0.836. The Morgan fingerprint density at radius 3 is 2.72 bits per heavy atom. The summed E-state index contributed by atoms with van der Waals surface area (Å²) in [5, 5.41) is 9.84. The molecule has 2 rings (SSSR count). The zero-order valence-corrected chi connectivity index (χ0v) is 11.1. The summed E-state index contributed by atoms with van der Waals surface area (Å²) in [7, 11) is 0. The fourth-order valence-corrected chi connectivity index (χ4v) is 2.73. The molecule has 18 heavy (non-hydrogen) atoms. The summed E-state index contributed by atoms with van der Waals surface area (Å²) in [5.41, 5.74) is 9.12. The van der Waals surface area contributed by atoms with Crippen LogP contribution in [0.2, 0.25) is 0 Å². The number of aromatic nitrogens is 1. The van der Waals surface area contributed by atoms with Gasteiger partial charge in [-0.2, -0.15) is 5.26 Å². The minimum absolute atomic E-state index is 0.504. The number of para-hydroxylation sites is 1. The Bertz CT molecular complexity index is 609. The van der Waals surface area contributed by atoms with Crippen molar-refractivity contribution in [1.29, 1.82) is 5.26 Å². The van der Waals surface area contributed by atoms with Crippen LogP contribution < -0.4 is 5.73 Å². The van der Waals surface area contributed by atoms with Crippen molar-refractivity contribution in [2.45, 2.75) is 23.8 Å². The number of benzene rings is 1. The molecule has 0 aliphatic rings. The average molecular weight is 255 g/mol. The van der Waals surface area contributed by atoms with Crippen molar-refractivity contribution >= 4 is 17.4 Å². The van der Waals surface area contributed by atoms with E-state index in [2.05, 4.69) is 11.1 Å². The fourth-order valence-electron chi connectivity index (χ4n) is 1.70. The predicted octanol–water partition coefficient (Wildman–Crippen LogP) is 3.30. The zero-order chi connectivity index (χ0) is 13.1. The largest absolute Gasteiger partial charge is 0.397 e. The number of aryl methyl sites for hydroxylation is 2. The van der Waals surface area contributed by atoms with E-state index >= 15 is 0 Å². The van der Waals surface area contributed by atoms with E-state index in [-0.39, 0.29) is 0 Å².